The highest BCUT2D eigenvalue weighted by molar-refractivity contribution is 5.42. The zero-order valence-corrected chi connectivity index (χ0v) is 17.1. The normalized spacial score (nSPS) is 16.6. The van der Waals surface area contributed by atoms with E-state index < -0.39 is 5.92 Å². The van der Waals surface area contributed by atoms with E-state index in [-0.39, 0.29) is 25.5 Å². The van der Waals surface area contributed by atoms with Crippen LogP contribution in [0.4, 0.5) is 14.6 Å². The van der Waals surface area contributed by atoms with Crippen LogP contribution in [0.25, 0.3) is 5.95 Å². The van der Waals surface area contributed by atoms with Crippen molar-refractivity contribution >= 4 is 5.82 Å². The Morgan fingerprint density at radius 3 is 2.57 bits per heavy atom. The summed E-state index contributed by atoms with van der Waals surface area (Å²) >= 11 is 0. The molecule has 0 unspecified atom stereocenters. The van der Waals surface area contributed by atoms with Crippen LogP contribution in [0.3, 0.4) is 0 Å². The Bertz CT molecular complexity index is 1020. The minimum atomic E-state index is -2.58. The van der Waals surface area contributed by atoms with Crippen LogP contribution in [0.2, 0.25) is 0 Å². The van der Waals surface area contributed by atoms with Gasteiger partial charge in [0.05, 0.1) is 5.69 Å². The predicted octanol–water partition coefficient (Wildman–Crippen LogP) is 2.98. The van der Waals surface area contributed by atoms with Crippen molar-refractivity contribution in [3.63, 3.8) is 0 Å². The van der Waals surface area contributed by atoms with Crippen molar-refractivity contribution in [1.82, 2.24) is 34.5 Å². The Balaban J connectivity index is 1.58. The summed E-state index contributed by atoms with van der Waals surface area (Å²) in [6.45, 7) is 3.94. The van der Waals surface area contributed by atoms with E-state index in [1.165, 1.54) is 0 Å². The molecule has 1 aliphatic carbocycles. The van der Waals surface area contributed by atoms with E-state index in [0.29, 0.717) is 36.3 Å². The number of halogens is 2. The molecule has 0 bridgehead atoms. The number of anilines is 1. The fourth-order valence-electron chi connectivity index (χ4n) is 3.47. The molecule has 1 aliphatic rings. The molecular formula is C19H24F2N8O. The first kappa shape index (κ1) is 20.2. The van der Waals surface area contributed by atoms with E-state index >= 15 is 0 Å². The third-order valence-electron chi connectivity index (χ3n) is 4.96. The SMILES string of the molecule is Cc1cc(C)n(-c2nc(NC3CCC(F)(F)CC3)cc(OCc3ncn(C)n3)n2)n1. The first-order chi connectivity index (χ1) is 14.3. The number of nitrogens with zero attached hydrogens (tertiary/aromatic N) is 7. The van der Waals surface area contributed by atoms with Crippen LogP contribution in [0.15, 0.2) is 18.5 Å². The van der Waals surface area contributed by atoms with Crippen molar-refractivity contribution in [2.24, 2.45) is 7.05 Å². The van der Waals surface area contributed by atoms with Gasteiger partial charge in [-0.2, -0.15) is 20.2 Å². The Hall–Kier alpha value is -3.11. The van der Waals surface area contributed by atoms with Crippen molar-refractivity contribution in [1.29, 1.82) is 0 Å². The maximum atomic E-state index is 13.5. The monoisotopic (exact) mass is 418 g/mol. The molecule has 9 nitrogen and oxygen atoms in total. The summed E-state index contributed by atoms with van der Waals surface area (Å²) in [5, 5.41) is 11.9. The van der Waals surface area contributed by atoms with Gasteiger partial charge in [0.1, 0.15) is 12.1 Å². The lowest BCUT2D eigenvalue weighted by atomic mass is 9.92. The second-order valence-corrected chi connectivity index (χ2v) is 7.63. The molecule has 4 rings (SSSR count). The third kappa shape index (κ3) is 4.71. The van der Waals surface area contributed by atoms with Gasteiger partial charge in [-0.15, -0.1) is 0 Å². The molecule has 3 heterocycles. The quantitative estimate of drug-likeness (QED) is 0.657. The Morgan fingerprint density at radius 2 is 1.93 bits per heavy atom. The molecule has 11 heteroatoms. The highest BCUT2D eigenvalue weighted by Crippen LogP contribution is 2.34. The summed E-state index contributed by atoms with van der Waals surface area (Å²) < 4.78 is 36.0. The first-order valence-electron chi connectivity index (χ1n) is 9.82. The maximum Gasteiger partial charge on any atom is 0.256 e. The van der Waals surface area contributed by atoms with E-state index in [2.05, 4.69) is 30.5 Å². The van der Waals surface area contributed by atoms with Gasteiger partial charge < -0.3 is 10.1 Å². The Morgan fingerprint density at radius 1 is 1.17 bits per heavy atom. The number of ether oxygens (including phenoxy) is 1. The molecule has 3 aromatic heterocycles. The minimum absolute atomic E-state index is 0.0851. The zero-order chi connectivity index (χ0) is 21.3. The molecule has 160 valence electrons. The lowest BCUT2D eigenvalue weighted by Gasteiger charge is -2.29. The van der Waals surface area contributed by atoms with Gasteiger partial charge in [0, 0.05) is 37.7 Å². The summed E-state index contributed by atoms with van der Waals surface area (Å²) in [5.74, 6) is -0.887. The largest absolute Gasteiger partial charge is 0.469 e. The number of rotatable bonds is 6. The van der Waals surface area contributed by atoms with Gasteiger partial charge in [-0.25, -0.2) is 18.4 Å². The van der Waals surface area contributed by atoms with Crippen LogP contribution in [0, 0.1) is 13.8 Å². The smallest absolute Gasteiger partial charge is 0.256 e. The number of hydrogen-bond donors (Lipinski definition) is 1. The molecular weight excluding hydrogens is 394 g/mol. The molecule has 0 radical (unpaired) electrons. The number of aromatic nitrogens is 7. The van der Waals surface area contributed by atoms with Gasteiger partial charge in [0.25, 0.3) is 5.95 Å². The van der Waals surface area contributed by atoms with Gasteiger partial charge >= 0.3 is 0 Å². The van der Waals surface area contributed by atoms with E-state index in [9.17, 15) is 8.78 Å². The summed E-state index contributed by atoms with van der Waals surface area (Å²) in [6, 6.07) is 3.49. The highest BCUT2D eigenvalue weighted by Gasteiger charge is 2.35. The number of alkyl halides is 2. The fraction of sp³-hybridized carbons (Fsp3) is 0.526. The average molecular weight is 418 g/mol. The lowest BCUT2D eigenvalue weighted by molar-refractivity contribution is -0.0361. The Kier molecular flexibility index (Phi) is 5.35. The summed E-state index contributed by atoms with van der Waals surface area (Å²) in [7, 11) is 1.78. The molecule has 0 aliphatic heterocycles. The van der Waals surface area contributed by atoms with Crippen LogP contribution < -0.4 is 10.1 Å². The molecule has 1 fully saturated rings. The fourth-order valence-corrected chi connectivity index (χ4v) is 3.47. The van der Waals surface area contributed by atoms with Gasteiger partial charge in [0.15, 0.2) is 12.4 Å². The van der Waals surface area contributed by atoms with E-state index in [0.717, 1.165) is 11.4 Å². The topological polar surface area (TPSA) is 95.6 Å². The van der Waals surface area contributed by atoms with Crippen molar-refractivity contribution in [2.45, 2.75) is 58.1 Å². The van der Waals surface area contributed by atoms with Crippen LogP contribution in [0.1, 0.15) is 42.9 Å². The summed E-state index contributed by atoms with van der Waals surface area (Å²) in [6.07, 6.45) is 2.08. The molecule has 0 aromatic carbocycles. The summed E-state index contributed by atoms with van der Waals surface area (Å²) in [5.41, 5.74) is 1.71. The second-order valence-electron chi connectivity index (χ2n) is 7.63. The van der Waals surface area contributed by atoms with Crippen LogP contribution >= 0.6 is 0 Å². The van der Waals surface area contributed by atoms with Gasteiger partial charge in [-0.1, -0.05) is 0 Å². The second kappa shape index (κ2) is 7.96. The first-order valence-corrected chi connectivity index (χ1v) is 9.82. The predicted molar refractivity (Wildman–Crippen MR) is 105 cm³/mol. The Labute approximate surface area is 172 Å². The van der Waals surface area contributed by atoms with Crippen LogP contribution in [-0.2, 0) is 13.7 Å². The number of nitrogens with one attached hydrogen (secondary N) is 1. The van der Waals surface area contributed by atoms with E-state index in [1.54, 1.807) is 28.8 Å². The average Bonchev–Trinajstić information content (AvgIpc) is 3.26. The molecule has 0 atom stereocenters. The van der Waals surface area contributed by atoms with E-state index in [1.807, 2.05) is 19.9 Å². The maximum absolute atomic E-state index is 13.5. The standard InChI is InChI=1S/C19H24F2N8O/c1-12-8-13(2)29(26-12)18-24-15(23-14-4-6-19(20,21)7-5-14)9-17(25-18)30-10-16-22-11-28(3)27-16/h8-9,11,14H,4-7,10H2,1-3H3,(H,23,24,25). The van der Waals surface area contributed by atoms with E-state index in [4.69, 9.17) is 4.74 Å². The van der Waals surface area contributed by atoms with Crippen molar-refractivity contribution in [3.05, 3.63) is 35.7 Å². The summed E-state index contributed by atoms with van der Waals surface area (Å²) in [4.78, 5) is 13.1. The van der Waals surface area contributed by atoms with Crippen molar-refractivity contribution < 1.29 is 13.5 Å². The van der Waals surface area contributed by atoms with Crippen LogP contribution in [-0.4, -0.2) is 46.5 Å². The molecule has 0 spiro atoms. The zero-order valence-electron chi connectivity index (χ0n) is 17.1. The highest BCUT2D eigenvalue weighted by atomic mass is 19.3. The molecule has 1 N–H and O–H groups in total. The molecule has 0 amide bonds. The van der Waals surface area contributed by atoms with Gasteiger partial charge in [0.2, 0.25) is 11.8 Å². The van der Waals surface area contributed by atoms with Crippen LogP contribution in [0.5, 0.6) is 5.88 Å². The molecule has 0 saturated heterocycles. The molecule has 1 saturated carbocycles. The lowest BCUT2D eigenvalue weighted by Crippen LogP contribution is -2.32. The molecule has 3 aromatic rings. The molecule has 30 heavy (non-hydrogen) atoms. The number of hydrogen-bond acceptors (Lipinski definition) is 7. The minimum Gasteiger partial charge on any atom is -0.469 e. The van der Waals surface area contributed by atoms with Crippen molar-refractivity contribution in [3.8, 4) is 11.8 Å². The number of aryl methyl sites for hydroxylation is 3. The third-order valence-corrected chi connectivity index (χ3v) is 4.96. The van der Waals surface area contributed by atoms with Crippen molar-refractivity contribution in [2.75, 3.05) is 5.32 Å². The van der Waals surface area contributed by atoms with Gasteiger partial charge in [-0.3, -0.25) is 4.68 Å². The van der Waals surface area contributed by atoms with Gasteiger partial charge in [-0.05, 0) is 32.8 Å².